The van der Waals surface area contributed by atoms with Crippen LogP contribution in [-0.4, -0.2) is 32.9 Å². The predicted molar refractivity (Wildman–Crippen MR) is 109 cm³/mol. The molecule has 0 atom stereocenters. The number of carbonyl (C=O) groups is 2. The lowest BCUT2D eigenvalue weighted by Crippen LogP contribution is -2.18. The first kappa shape index (κ1) is 18.7. The highest BCUT2D eigenvalue weighted by molar-refractivity contribution is 8.00. The SMILES string of the molecule is Cc1cccc(NC(=O)CSCC(=O)Nc2ccc(-n3ccnc3)cc2)c1. The molecule has 0 aliphatic carbocycles. The van der Waals surface area contributed by atoms with Gasteiger partial charge in [0.1, 0.15) is 0 Å². The molecule has 7 heteroatoms. The Kier molecular flexibility index (Phi) is 6.27. The van der Waals surface area contributed by atoms with E-state index in [1.165, 1.54) is 11.8 Å². The normalized spacial score (nSPS) is 10.4. The van der Waals surface area contributed by atoms with Gasteiger partial charge in [-0.15, -0.1) is 11.8 Å². The van der Waals surface area contributed by atoms with Gasteiger partial charge in [0, 0.05) is 29.5 Å². The summed E-state index contributed by atoms with van der Waals surface area (Å²) in [6.45, 7) is 1.97. The molecule has 0 radical (unpaired) electrons. The van der Waals surface area contributed by atoms with Crippen molar-refractivity contribution in [3.63, 3.8) is 0 Å². The van der Waals surface area contributed by atoms with Gasteiger partial charge in [-0.05, 0) is 48.9 Å². The van der Waals surface area contributed by atoms with Gasteiger partial charge < -0.3 is 15.2 Å². The molecule has 1 heterocycles. The van der Waals surface area contributed by atoms with E-state index >= 15 is 0 Å². The number of nitrogens with one attached hydrogen (secondary N) is 2. The number of amides is 2. The lowest BCUT2D eigenvalue weighted by molar-refractivity contribution is -0.114. The van der Waals surface area contributed by atoms with Gasteiger partial charge in [-0.3, -0.25) is 9.59 Å². The Labute approximate surface area is 162 Å². The van der Waals surface area contributed by atoms with Crippen molar-refractivity contribution in [1.29, 1.82) is 0 Å². The van der Waals surface area contributed by atoms with Crippen LogP contribution in [0.3, 0.4) is 0 Å². The number of imidazole rings is 1. The van der Waals surface area contributed by atoms with Crippen LogP contribution in [0.5, 0.6) is 0 Å². The van der Waals surface area contributed by atoms with Crippen LogP contribution >= 0.6 is 11.8 Å². The van der Waals surface area contributed by atoms with E-state index in [0.717, 1.165) is 16.9 Å². The molecule has 2 aromatic carbocycles. The third-order valence-corrected chi connectivity index (χ3v) is 4.65. The molecule has 1 aromatic heterocycles. The average molecular weight is 380 g/mol. The van der Waals surface area contributed by atoms with Crippen molar-refractivity contribution in [1.82, 2.24) is 9.55 Å². The number of hydrogen-bond acceptors (Lipinski definition) is 4. The minimum Gasteiger partial charge on any atom is -0.325 e. The Morgan fingerprint density at radius 2 is 1.70 bits per heavy atom. The maximum absolute atomic E-state index is 12.0. The second kappa shape index (κ2) is 9.05. The topological polar surface area (TPSA) is 76.0 Å². The van der Waals surface area contributed by atoms with Crippen LogP contribution in [-0.2, 0) is 9.59 Å². The Hall–Kier alpha value is -3.06. The number of nitrogens with zero attached hydrogens (tertiary/aromatic N) is 2. The van der Waals surface area contributed by atoms with E-state index in [9.17, 15) is 9.59 Å². The van der Waals surface area contributed by atoms with E-state index in [4.69, 9.17) is 0 Å². The molecule has 0 unspecified atom stereocenters. The summed E-state index contributed by atoms with van der Waals surface area (Å²) in [6.07, 6.45) is 5.28. The highest BCUT2D eigenvalue weighted by Gasteiger charge is 2.07. The van der Waals surface area contributed by atoms with Crippen molar-refractivity contribution in [2.75, 3.05) is 22.1 Å². The Balaban J connectivity index is 1.41. The Morgan fingerprint density at radius 3 is 2.33 bits per heavy atom. The van der Waals surface area contributed by atoms with E-state index in [1.54, 1.807) is 12.5 Å². The number of anilines is 2. The first-order chi connectivity index (χ1) is 13.1. The van der Waals surface area contributed by atoms with E-state index in [-0.39, 0.29) is 23.3 Å². The third-order valence-electron chi connectivity index (χ3n) is 3.72. The minimum absolute atomic E-state index is 0.122. The largest absolute Gasteiger partial charge is 0.325 e. The predicted octanol–water partition coefficient (Wildman–Crippen LogP) is 3.49. The molecule has 0 bridgehead atoms. The maximum Gasteiger partial charge on any atom is 0.234 e. The first-order valence-electron chi connectivity index (χ1n) is 8.43. The lowest BCUT2D eigenvalue weighted by Gasteiger charge is -2.08. The highest BCUT2D eigenvalue weighted by Crippen LogP contribution is 2.14. The first-order valence-corrected chi connectivity index (χ1v) is 9.58. The van der Waals surface area contributed by atoms with E-state index in [2.05, 4.69) is 15.6 Å². The molecule has 0 saturated heterocycles. The lowest BCUT2D eigenvalue weighted by atomic mass is 10.2. The quantitative estimate of drug-likeness (QED) is 0.658. The molecule has 6 nitrogen and oxygen atoms in total. The summed E-state index contributed by atoms with van der Waals surface area (Å²) in [5.41, 5.74) is 3.53. The summed E-state index contributed by atoms with van der Waals surface area (Å²) in [4.78, 5) is 28.0. The van der Waals surface area contributed by atoms with Gasteiger partial charge in [0.2, 0.25) is 11.8 Å². The number of thioether (sulfide) groups is 1. The molecule has 0 aliphatic heterocycles. The Morgan fingerprint density at radius 1 is 1.00 bits per heavy atom. The number of benzene rings is 2. The molecule has 3 aromatic rings. The van der Waals surface area contributed by atoms with Crippen molar-refractivity contribution < 1.29 is 9.59 Å². The van der Waals surface area contributed by atoms with Crippen LogP contribution in [0, 0.1) is 6.92 Å². The molecule has 0 fully saturated rings. The average Bonchev–Trinajstić information content (AvgIpc) is 3.17. The minimum atomic E-state index is -0.140. The van der Waals surface area contributed by atoms with Crippen molar-refractivity contribution in [3.8, 4) is 5.69 Å². The maximum atomic E-state index is 12.0. The molecular formula is C20H20N4O2S. The zero-order chi connectivity index (χ0) is 19.1. The van der Waals surface area contributed by atoms with E-state index < -0.39 is 0 Å². The summed E-state index contributed by atoms with van der Waals surface area (Å²) in [6, 6.07) is 15.1. The van der Waals surface area contributed by atoms with Crippen LogP contribution in [0.15, 0.2) is 67.3 Å². The molecule has 2 amide bonds. The van der Waals surface area contributed by atoms with Crippen molar-refractivity contribution in [3.05, 3.63) is 72.8 Å². The summed E-state index contributed by atoms with van der Waals surface area (Å²) >= 11 is 1.28. The van der Waals surface area contributed by atoms with Gasteiger partial charge in [-0.1, -0.05) is 12.1 Å². The van der Waals surface area contributed by atoms with Gasteiger partial charge >= 0.3 is 0 Å². The second-order valence-electron chi connectivity index (χ2n) is 5.98. The number of aromatic nitrogens is 2. The Bertz CT molecular complexity index is 908. The smallest absolute Gasteiger partial charge is 0.234 e. The number of hydrogen-bond donors (Lipinski definition) is 2. The fraction of sp³-hybridized carbons (Fsp3) is 0.150. The van der Waals surface area contributed by atoms with Gasteiger partial charge in [-0.25, -0.2) is 4.98 Å². The zero-order valence-electron chi connectivity index (χ0n) is 14.9. The third kappa shape index (κ3) is 5.72. The van der Waals surface area contributed by atoms with Crippen molar-refractivity contribution >= 4 is 35.0 Å². The van der Waals surface area contributed by atoms with E-state index in [1.807, 2.05) is 66.2 Å². The van der Waals surface area contributed by atoms with Crippen molar-refractivity contribution in [2.24, 2.45) is 0 Å². The summed E-state index contributed by atoms with van der Waals surface area (Å²) in [5.74, 6) is 0.174. The van der Waals surface area contributed by atoms with Crippen LogP contribution < -0.4 is 10.6 Å². The van der Waals surface area contributed by atoms with Gasteiger partial charge in [0.25, 0.3) is 0 Å². The number of carbonyl (C=O) groups excluding carboxylic acids is 2. The fourth-order valence-electron chi connectivity index (χ4n) is 2.48. The van der Waals surface area contributed by atoms with Crippen molar-refractivity contribution in [2.45, 2.75) is 6.92 Å². The molecule has 0 aliphatic rings. The second-order valence-corrected chi connectivity index (χ2v) is 6.96. The molecule has 2 N–H and O–H groups in total. The molecule has 27 heavy (non-hydrogen) atoms. The number of rotatable bonds is 7. The zero-order valence-corrected chi connectivity index (χ0v) is 15.7. The van der Waals surface area contributed by atoms with E-state index in [0.29, 0.717) is 5.69 Å². The molecular weight excluding hydrogens is 360 g/mol. The van der Waals surface area contributed by atoms with Crippen LogP contribution in [0.1, 0.15) is 5.56 Å². The standard InChI is InChI=1S/C20H20N4O2S/c1-15-3-2-4-17(11-15)23-20(26)13-27-12-19(25)22-16-5-7-18(8-6-16)24-10-9-21-14-24/h2-11,14H,12-13H2,1H3,(H,22,25)(H,23,26). The summed E-state index contributed by atoms with van der Waals surface area (Å²) in [5, 5.41) is 5.66. The number of aryl methyl sites for hydroxylation is 1. The van der Waals surface area contributed by atoms with Crippen LogP contribution in [0.2, 0.25) is 0 Å². The summed E-state index contributed by atoms with van der Waals surface area (Å²) < 4.78 is 1.88. The molecule has 0 saturated carbocycles. The van der Waals surface area contributed by atoms with Gasteiger partial charge in [-0.2, -0.15) is 0 Å². The fourth-order valence-corrected chi connectivity index (χ4v) is 3.10. The summed E-state index contributed by atoms with van der Waals surface area (Å²) in [7, 11) is 0. The highest BCUT2D eigenvalue weighted by atomic mass is 32.2. The monoisotopic (exact) mass is 380 g/mol. The molecule has 138 valence electrons. The molecule has 3 rings (SSSR count). The van der Waals surface area contributed by atoms with Gasteiger partial charge in [0.05, 0.1) is 17.8 Å². The molecule has 0 spiro atoms. The van der Waals surface area contributed by atoms with Gasteiger partial charge in [0.15, 0.2) is 0 Å². The van der Waals surface area contributed by atoms with Crippen LogP contribution in [0.25, 0.3) is 5.69 Å². The van der Waals surface area contributed by atoms with Crippen LogP contribution in [0.4, 0.5) is 11.4 Å².